The zero-order valence-electron chi connectivity index (χ0n) is 19.6. The summed E-state index contributed by atoms with van der Waals surface area (Å²) in [5.74, 6) is -0.625. The molecule has 2 unspecified atom stereocenters. The number of aryl methyl sites for hydroxylation is 2. The topological polar surface area (TPSA) is 87.7 Å². The summed E-state index contributed by atoms with van der Waals surface area (Å²) < 4.78 is 5.17. The van der Waals surface area contributed by atoms with Crippen LogP contribution < -0.4 is 10.6 Å². The lowest BCUT2D eigenvalue weighted by Gasteiger charge is -2.30. The third-order valence-corrected chi connectivity index (χ3v) is 4.64. The Labute approximate surface area is 180 Å². The van der Waals surface area contributed by atoms with Crippen molar-refractivity contribution >= 4 is 17.9 Å². The van der Waals surface area contributed by atoms with E-state index in [0.29, 0.717) is 0 Å². The van der Waals surface area contributed by atoms with Crippen molar-refractivity contribution in [2.75, 3.05) is 13.6 Å². The van der Waals surface area contributed by atoms with Crippen LogP contribution in [-0.2, 0) is 14.3 Å². The number of likely N-dealkylation sites (N-methyl/N-ethyl adjacent to an activating group) is 1. The summed E-state index contributed by atoms with van der Waals surface area (Å²) in [4.78, 5) is 39.2. The molecule has 1 aromatic carbocycles. The second-order valence-corrected chi connectivity index (χ2v) is 8.82. The first kappa shape index (κ1) is 25.5. The number of nitrogens with one attached hydrogen (secondary N) is 2. The molecule has 3 amide bonds. The molecular weight excluding hydrogens is 382 g/mol. The molecule has 0 aliphatic carbocycles. The zero-order chi connectivity index (χ0) is 23.1. The minimum absolute atomic E-state index is 0.000792. The van der Waals surface area contributed by atoms with E-state index in [1.54, 1.807) is 27.8 Å². The van der Waals surface area contributed by atoms with Gasteiger partial charge in [-0.15, -0.1) is 0 Å². The quantitative estimate of drug-likeness (QED) is 0.673. The first-order chi connectivity index (χ1) is 13.9. The van der Waals surface area contributed by atoms with E-state index in [0.717, 1.165) is 29.5 Å². The molecule has 7 heteroatoms. The van der Waals surface area contributed by atoms with E-state index in [-0.39, 0.29) is 24.4 Å². The Morgan fingerprint density at radius 1 is 1.17 bits per heavy atom. The molecule has 0 bridgehead atoms. The lowest BCUT2D eigenvalue weighted by atomic mass is 9.97. The summed E-state index contributed by atoms with van der Waals surface area (Å²) in [7, 11) is 1.58. The molecule has 7 nitrogen and oxygen atoms in total. The third-order valence-electron chi connectivity index (χ3n) is 4.64. The monoisotopic (exact) mass is 419 g/mol. The molecule has 0 saturated heterocycles. The predicted molar refractivity (Wildman–Crippen MR) is 118 cm³/mol. The maximum absolute atomic E-state index is 13.1. The number of nitrogens with zero attached hydrogens (tertiary/aromatic N) is 1. The molecular formula is C23H37N3O4. The van der Waals surface area contributed by atoms with Crippen molar-refractivity contribution < 1.29 is 19.1 Å². The number of rotatable bonds is 8. The molecule has 2 atom stereocenters. The summed E-state index contributed by atoms with van der Waals surface area (Å²) >= 11 is 0. The van der Waals surface area contributed by atoms with Crippen molar-refractivity contribution in [2.24, 2.45) is 0 Å². The fourth-order valence-corrected chi connectivity index (χ4v) is 3.22. The van der Waals surface area contributed by atoms with Gasteiger partial charge >= 0.3 is 6.09 Å². The third kappa shape index (κ3) is 8.05. The SMILES string of the molecule is CCCC(C)NC(=O)C(c1ccc(C)cc1C)N(C)C(=O)CNC(=O)OC(C)(C)C. The zero-order valence-corrected chi connectivity index (χ0v) is 19.6. The number of hydrogen-bond donors (Lipinski definition) is 2. The standard InChI is InChI=1S/C23H37N3O4/c1-9-10-17(4)25-21(28)20(18-12-11-15(2)13-16(18)3)26(8)19(27)14-24-22(29)30-23(5,6)7/h11-13,17,20H,9-10,14H2,1-8H3,(H,24,29)(H,25,28). The van der Waals surface area contributed by atoms with Gasteiger partial charge in [0, 0.05) is 13.1 Å². The summed E-state index contributed by atoms with van der Waals surface area (Å²) in [6.07, 6.45) is 1.13. The van der Waals surface area contributed by atoms with Crippen LogP contribution in [0.3, 0.4) is 0 Å². The molecule has 0 heterocycles. The van der Waals surface area contributed by atoms with Gasteiger partial charge in [-0.2, -0.15) is 0 Å². The molecule has 30 heavy (non-hydrogen) atoms. The lowest BCUT2D eigenvalue weighted by molar-refractivity contribution is -0.138. The van der Waals surface area contributed by atoms with Gasteiger partial charge in [0.05, 0.1) is 0 Å². The number of carbonyl (C=O) groups excluding carboxylic acids is 3. The van der Waals surface area contributed by atoms with Gasteiger partial charge in [-0.1, -0.05) is 37.1 Å². The van der Waals surface area contributed by atoms with Crippen molar-refractivity contribution in [1.82, 2.24) is 15.5 Å². The normalized spacial score (nSPS) is 13.2. The maximum atomic E-state index is 13.1. The van der Waals surface area contributed by atoms with Crippen LogP contribution in [0.1, 0.15) is 70.2 Å². The van der Waals surface area contributed by atoms with Crippen molar-refractivity contribution in [3.63, 3.8) is 0 Å². The van der Waals surface area contributed by atoms with Gasteiger partial charge in [-0.25, -0.2) is 4.79 Å². The van der Waals surface area contributed by atoms with Gasteiger partial charge in [0.15, 0.2) is 0 Å². The summed E-state index contributed by atoms with van der Waals surface area (Å²) in [6.45, 7) is 12.9. The van der Waals surface area contributed by atoms with E-state index < -0.39 is 17.7 Å². The van der Waals surface area contributed by atoms with Gasteiger partial charge in [0.2, 0.25) is 11.8 Å². The van der Waals surface area contributed by atoms with Gasteiger partial charge < -0.3 is 20.3 Å². The number of alkyl carbamates (subject to hydrolysis) is 1. The van der Waals surface area contributed by atoms with E-state index in [1.165, 1.54) is 4.90 Å². The molecule has 0 spiro atoms. The number of carbonyl (C=O) groups is 3. The first-order valence-electron chi connectivity index (χ1n) is 10.5. The van der Waals surface area contributed by atoms with Crippen molar-refractivity contribution in [3.8, 4) is 0 Å². The number of benzene rings is 1. The lowest BCUT2D eigenvalue weighted by Crippen LogP contribution is -2.47. The van der Waals surface area contributed by atoms with E-state index in [4.69, 9.17) is 4.74 Å². The average molecular weight is 420 g/mol. The molecule has 0 aliphatic rings. The van der Waals surface area contributed by atoms with Crippen LogP contribution in [0.5, 0.6) is 0 Å². The highest BCUT2D eigenvalue weighted by atomic mass is 16.6. The molecule has 168 valence electrons. The van der Waals surface area contributed by atoms with Gasteiger partial charge in [-0.05, 0) is 59.1 Å². The molecule has 2 N–H and O–H groups in total. The van der Waals surface area contributed by atoms with Crippen molar-refractivity contribution in [2.45, 2.75) is 79.0 Å². The molecule has 0 aromatic heterocycles. The second kappa shape index (κ2) is 11.0. The fourth-order valence-electron chi connectivity index (χ4n) is 3.22. The smallest absolute Gasteiger partial charge is 0.408 e. The number of ether oxygens (including phenoxy) is 1. The van der Waals surface area contributed by atoms with Gasteiger partial charge in [0.1, 0.15) is 18.2 Å². The van der Waals surface area contributed by atoms with Crippen LogP contribution in [-0.4, -0.2) is 48.0 Å². The van der Waals surface area contributed by atoms with Gasteiger partial charge in [-0.3, -0.25) is 9.59 Å². The van der Waals surface area contributed by atoms with Gasteiger partial charge in [0.25, 0.3) is 0 Å². The Morgan fingerprint density at radius 3 is 2.33 bits per heavy atom. The van der Waals surface area contributed by atoms with Crippen LogP contribution in [0, 0.1) is 13.8 Å². The predicted octanol–water partition coefficient (Wildman–Crippen LogP) is 3.63. The number of hydrogen-bond acceptors (Lipinski definition) is 4. The van der Waals surface area contributed by atoms with E-state index in [2.05, 4.69) is 17.6 Å². The maximum Gasteiger partial charge on any atom is 0.408 e. The van der Waals surface area contributed by atoms with E-state index in [9.17, 15) is 14.4 Å². The Hall–Kier alpha value is -2.57. The summed E-state index contributed by atoms with van der Waals surface area (Å²) in [6, 6.07) is 5.00. The molecule has 0 aliphatic heterocycles. The number of amides is 3. The van der Waals surface area contributed by atoms with E-state index in [1.807, 2.05) is 39.0 Å². The van der Waals surface area contributed by atoms with Crippen molar-refractivity contribution in [3.05, 3.63) is 34.9 Å². The highest BCUT2D eigenvalue weighted by molar-refractivity contribution is 5.90. The Kier molecular flexibility index (Phi) is 9.33. The largest absolute Gasteiger partial charge is 0.444 e. The Balaban J connectivity index is 3.04. The molecule has 0 radical (unpaired) electrons. The Bertz CT molecular complexity index is 755. The van der Waals surface area contributed by atoms with Crippen LogP contribution >= 0.6 is 0 Å². The minimum Gasteiger partial charge on any atom is -0.444 e. The van der Waals surface area contributed by atoms with Crippen LogP contribution in [0.15, 0.2) is 18.2 Å². The summed E-state index contributed by atoms with van der Waals surface area (Å²) in [5, 5.41) is 5.47. The van der Waals surface area contributed by atoms with Crippen LogP contribution in [0.2, 0.25) is 0 Å². The van der Waals surface area contributed by atoms with Crippen molar-refractivity contribution in [1.29, 1.82) is 0 Å². The van der Waals surface area contributed by atoms with Crippen LogP contribution in [0.4, 0.5) is 4.79 Å². The summed E-state index contributed by atoms with van der Waals surface area (Å²) in [5.41, 5.74) is 2.11. The average Bonchev–Trinajstić information content (AvgIpc) is 2.60. The second-order valence-electron chi connectivity index (χ2n) is 8.82. The highest BCUT2D eigenvalue weighted by Gasteiger charge is 2.30. The van der Waals surface area contributed by atoms with E-state index >= 15 is 0 Å². The molecule has 1 rings (SSSR count). The first-order valence-corrected chi connectivity index (χ1v) is 10.5. The molecule has 0 saturated carbocycles. The highest BCUT2D eigenvalue weighted by Crippen LogP contribution is 2.25. The molecule has 0 fully saturated rings. The Morgan fingerprint density at radius 2 is 1.80 bits per heavy atom. The fraction of sp³-hybridized carbons (Fsp3) is 0.609. The minimum atomic E-state index is -0.794. The van der Waals surface area contributed by atoms with Crippen LogP contribution in [0.25, 0.3) is 0 Å². The molecule has 1 aromatic rings.